The molecule has 1 aromatic heterocycles. The predicted molar refractivity (Wildman–Crippen MR) is 72.6 cm³/mol. The molecule has 0 unspecified atom stereocenters. The topological polar surface area (TPSA) is 50.8 Å². The van der Waals surface area contributed by atoms with Crippen LogP contribution < -0.4 is 4.74 Å². The molecule has 4 nitrogen and oxygen atoms in total. The molecular formula is C12H9BrClN3O. The number of nitriles is 1. The van der Waals surface area contributed by atoms with Crippen LogP contribution in [0.15, 0.2) is 22.8 Å². The summed E-state index contributed by atoms with van der Waals surface area (Å²) >= 11 is 9.46. The van der Waals surface area contributed by atoms with Crippen molar-refractivity contribution >= 4 is 27.5 Å². The van der Waals surface area contributed by atoms with Crippen LogP contribution in [-0.2, 0) is 7.05 Å². The predicted octanol–water partition coefficient (Wildman–Crippen LogP) is 3.38. The number of rotatable bonds is 2. The van der Waals surface area contributed by atoms with Crippen molar-refractivity contribution in [2.45, 2.75) is 0 Å². The van der Waals surface area contributed by atoms with E-state index in [4.69, 9.17) is 16.3 Å². The third-order valence-electron chi connectivity index (χ3n) is 2.55. The van der Waals surface area contributed by atoms with E-state index in [1.54, 1.807) is 30.1 Å². The minimum absolute atomic E-state index is 0.436. The van der Waals surface area contributed by atoms with Crippen molar-refractivity contribution in [3.8, 4) is 23.1 Å². The van der Waals surface area contributed by atoms with Gasteiger partial charge in [-0.2, -0.15) is 10.4 Å². The summed E-state index contributed by atoms with van der Waals surface area (Å²) in [4.78, 5) is 0. The summed E-state index contributed by atoms with van der Waals surface area (Å²) in [7, 11) is 3.31. The Bertz CT molecular complexity index is 626. The smallest absolute Gasteiger partial charge is 0.138 e. The van der Waals surface area contributed by atoms with Crippen LogP contribution in [0, 0.1) is 11.3 Å². The Morgan fingerprint density at radius 2 is 2.22 bits per heavy atom. The van der Waals surface area contributed by atoms with E-state index >= 15 is 0 Å². The van der Waals surface area contributed by atoms with E-state index in [2.05, 4.69) is 27.1 Å². The number of methoxy groups -OCH3 is 1. The Balaban J connectivity index is 2.79. The first-order valence-electron chi connectivity index (χ1n) is 5.04. The Morgan fingerprint density at radius 3 is 2.72 bits per heavy atom. The van der Waals surface area contributed by atoms with Gasteiger partial charge in [0.2, 0.25) is 0 Å². The molecule has 0 aliphatic carbocycles. The lowest BCUT2D eigenvalue weighted by Crippen LogP contribution is -1.98. The SMILES string of the molecule is COc1cc(Cl)cc(-c2c(Br)cnn2C)c1C#N. The van der Waals surface area contributed by atoms with E-state index in [0.717, 1.165) is 10.2 Å². The normalized spacial score (nSPS) is 10.2. The molecule has 0 atom stereocenters. The summed E-state index contributed by atoms with van der Waals surface area (Å²) in [5, 5.41) is 13.9. The Hall–Kier alpha value is -1.51. The molecule has 2 rings (SSSR count). The lowest BCUT2D eigenvalue weighted by Gasteiger charge is -2.10. The molecule has 6 heteroatoms. The summed E-state index contributed by atoms with van der Waals surface area (Å²) in [6.07, 6.45) is 1.67. The molecule has 0 saturated carbocycles. The van der Waals surface area contributed by atoms with Crippen LogP contribution in [0.5, 0.6) is 5.75 Å². The first kappa shape index (κ1) is 12.9. The van der Waals surface area contributed by atoms with E-state index in [9.17, 15) is 5.26 Å². The fourth-order valence-electron chi connectivity index (χ4n) is 1.76. The van der Waals surface area contributed by atoms with Crippen LogP contribution in [0.25, 0.3) is 11.3 Å². The molecule has 0 aliphatic rings. The van der Waals surface area contributed by atoms with E-state index in [-0.39, 0.29) is 0 Å². The van der Waals surface area contributed by atoms with Crippen molar-refractivity contribution in [1.29, 1.82) is 5.26 Å². The summed E-state index contributed by atoms with van der Waals surface area (Å²) in [6, 6.07) is 5.48. The summed E-state index contributed by atoms with van der Waals surface area (Å²) in [5.41, 5.74) is 1.91. The Labute approximate surface area is 118 Å². The molecule has 92 valence electrons. The van der Waals surface area contributed by atoms with Gasteiger partial charge in [0, 0.05) is 23.7 Å². The van der Waals surface area contributed by atoms with E-state index in [1.165, 1.54) is 7.11 Å². The number of ether oxygens (including phenoxy) is 1. The Morgan fingerprint density at radius 1 is 1.50 bits per heavy atom. The zero-order valence-corrected chi connectivity index (χ0v) is 12.1. The fourth-order valence-corrected chi connectivity index (χ4v) is 2.53. The van der Waals surface area contributed by atoms with Crippen molar-refractivity contribution in [3.05, 3.63) is 33.4 Å². The summed E-state index contributed by atoms with van der Waals surface area (Å²) < 4.78 is 7.66. The molecule has 1 heterocycles. The molecule has 0 spiro atoms. The lowest BCUT2D eigenvalue weighted by atomic mass is 10.0. The van der Waals surface area contributed by atoms with Crippen LogP contribution in [0.3, 0.4) is 0 Å². The van der Waals surface area contributed by atoms with Gasteiger partial charge in [-0.3, -0.25) is 4.68 Å². The van der Waals surface area contributed by atoms with E-state index in [0.29, 0.717) is 21.9 Å². The highest BCUT2D eigenvalue weighted by atomic mass is 79.9. The van der Waals surface area contributed by atoms with E-state index < -0.39 is 0 Å². The van der Waals surface area contributed by atoms with Gasteiger partial charge in [-0.1, -0.05) is 11.6 Å². The minimum Gasteiger partial charge on any atom is -0.495 e. The molecule has 18 heavy (non-hydrogen) atoms. The van der Waals surface area contributed by atoms with Gasteiger partial charge in [0.1, 0.15) is 17.4 Å². The third-order valence-corrected chi connectivity index (χ3v) is 3.35. The second-order valence-electron chi connectivity index (χ2n) is 3.61. The maximum atomic E-state index is 9.28. The highest BCUT2D eigenvalue weighted by molar-refractivity contribution is 9.10. The monoisotopic (exact) mass is 325 g/mol. The second-order valence-corrected chi connectivity index (χ2v) is 4.90. The standard InChI is InChI=1S/C12H9BrClN3O/c1-17-12(10(13)6-16-17)8-3-7(14)4-11(18-2)9(8)5-15/h3-4,6H,1-2H3. The molecule has 0 fully saturated rings. The van der Waals surface area contributed by atoms with Gasteiger partial charge in [0.25, 0.3) is 0 Å². The number of benzene rings is 1. The average molecular weight is 327 g/mol. The minimum atomic E-state index is 0.436. The van der Waals surface area contributed by atoms with Crippen molar-refractivity contribution in [1.82, 2.24) is 9.78 Å². The zero-order chi connectivity index (χ0) is 13.3. The molecule has 0 bridgehead atoms. The molecule has 0 radical (unpaired) electrons. The molecule has 1 aromatic carbocycles. The quantitative estimate of drug-likeness (QED) is 0.850. The Kier molecular flexibility index (Phi) is 3.60. The molecular weight excluding hydrogens is 318 g/mol. The van der Waals surface area contributed by atoms with Crippen molar-refractivity contribution in [2.75, 3.05) is 7.11 Å². The van der Waals surface area contributed by atoms with Crippen LogP contribution in [0.1, 0.15) is 5.56 Å². The highest BCUT2D eigenvalue weighted by Crippen LogP contribution is 2.36. The first-order chi connectivity index (χ1) is 8.58. The van der Waals surface area contributed by atoms with Crippen LogP contribution in [-0.4, -0.2) is 16.9 Å². The second kappa shape index (κ2) is 5.01. The van der Waals surface area contributed by atoms with E-state index in [1.807, 2.05) is 0 Å². The fraction of sp³-hybridized carbons (Fsp3) is 0.167. The van der Waals surface area contributed by atoms with Crippen LogP contribution in [0.4, 0.5) is 0 Å². The summed E-state index contributed by atoms with van der Waals surface area (Å²) in [5.74, 6) is 0.452. The van der Waals surface area contributed by atoms with Crippen LogP contribution >= 0.6 is 27.5 Å². The molecule has 0 amide bonds. The van der Waals surface area contributed by atoms with Gasteiger partial charge in [-0.15, -0.1) is 0 Å². The third kappa shape index (κ3) is 2.09. The first-order valence-corrected chi connectivity index (χ1v) is 6.21. The average Bonchev–Trinajstić information content (AvgIpc) is 2.67. The van der Waals surface area contributed by atoms with Crippen LogP contribution in [0.2, 0.25) is 5.02 Å². The van der Waals surface area contributed by atoms with Gasteiger partial charge in [0.05, 0.1) is 23.5 Å². The molecule has 2 aromatic rings. The number of aryl methyl sites for hydroxylation is 1. The van der Waals surface area contributed by atoms with Gasteiger partial charge >= 0.3 is 0 Å². The number of hydrogen-bond acceptors (Lipinski definition) is 3. The number of halogens is 2. The highest BCUT2D eigenvalue weighted by Gasteiger charge is 2.17. The number of aromatic nitrogens is 2. The van der Waals surface area contributed by atoms with Crippen molar-refractivity contribution < 1.29 is 4.74 Å². The number of nitrogens with zero attached hydrogens (tertiary/aromatic N) is 3. The molecule has 0 saturated heterocycles. The zero-order valence-electron chi connectivity index (χ0n) is 9.74. The van der Waals surface area contributed by atoms with Gasteiger partial charge < -0.3 is 4.74 Å². The molecule has 0 aliphatic heterocycles. The lowest BCUT2D eigenvalue weighted by molar-refractivity contribution is 0.413. The van der Waals surface area contributed by atoms with Crippen molar-refractivity contribution in [2.24, 2.45) is 7.05 Å². The largest absolute Gasteiger partial charge is 0.495 e. The van der Waals surface area contributed by atoms with Gasteiger partial charge in [0.15, 0.2) is 0 Å². The summed E-state index contributed by atoms with van der Waals surface area (Å²) in [6.45, 7) is 0. The maximum absolute atomic E-state index is 9.28. The maximum Gasteiger partial charge on any atom is 0.138 e. The number of hydrogen-bond donors (Lipinski definition) is 0. The van der Waals surface area contributed by atoms with Gasteiger partial charge in [-0.05, 0) is 22.0 Å². The van der Waals surface area contributed by atoms with Gasteiger partial charge in [-0.25, -0.2) is 0 Å². The molecule has 0 N–H and O–H groups in total. The van der Waals surface area contributed by atoms with Crippen molar-refractivity contribution in [3.63, 3.8) is 0 Å².